The third-order valence-electron chi connectivity index (χ3n) is 2.10. The van der Waals surface area contributed by atoms with Crippen LogP contribution in [0.5, 0.6) is 0 Å². The van der Waals surface area contributed by atoms with Crippen molar-refractivity contribution < 1.29 is 10.2 Å². The number of aromatic amines is 1. The van der Waals surface area contributed by atoms with Crippen molar-refractivity contribution in [1.82, 2.24) is 19.9 Å². The molecule has 0 fully saturated rings. The standard InChI is InChI=1S/C9H13N5O2S/c1-10-9-13-7-6(11-4-12-7)8(14-9)17-3-5(16)2-15/h4-5,15-16H,2-3H2,1H3,(H2,10,11,12,13,14). The Bertz CT molecular complexity index is 503. The lowest BCUT2D eigenvalue weighted by Crippen LogP contribution is -2.14. The van der Waals surface area contributed by atoms with Crippen molar-refractivity contribution in [2.45, 2.75) is 11.1 Å². The second-order valence-corrected chi connectivity index (χ2v) is 4.36. The van der Waals surface area contributed by atoms with Crippen LogP contribution in [0.4, 0.5) is 5.95 Å². The van der Waals surface area contributed by atoms with E-state index in [-0.39, 0.29) is 6.61 Å². The number of nitrogens with one attached hydrogen (secondary N) is 2. The average molecular weight is 255 g/mol. The summed E-state index contributed by atoms with van der Waals surface area (Å²) in [7, 11) is 1.73. The van der Waals surface area contributed by atoms with E-state index < -0.39 is 6.10 Å². The maximum Gasteiger partial charge on any atom is 0.225 e. The summed E-state index contributed by atoms with van der Waals surface area (Å²) in [5, 5.41) is 21.6. The molecule has 2 heterocycles. The monoisotopic (exact) mass is 255 g/mol. The van der Waals surface area contributed by atoms with Crippen LogP contribution in [-0.2, 0) is 0 Å². The smallest absolute Gasteiger partial charge is 0.225 e. The van der Waals surface area contributed by atoms with Gasteiger partial charge in [0.15, 0.2) is 5.65 Å². The first-order valence-corrected chi connectivity index (χ1v) is 6.03. The van der Waals surface area contributed by atoms with Gasteiger partial charge >= 0.3 is 0 Å². The molecular formula is C9H13N5O2S. The number of thioether (sulfide) groups is 1. The fraction of sp³-hybridized carbons (Fsp3) is 0.444. The Labute approximate surface area is 102 Å². The van der Waals surface area contributed by atoms with Gasteiger partial charge in [0, 0.05) is 12.8 Å². The van der Waals surface area contributed by atoms with Crippen molar-refractivity contribution in [1.29, 1.82) is 0 Å². The number of nitrogens with zero attached hydrogens (tertiary/aromatic N) is 3. The molecule has 17 heavy (non-hydrogen) atoms. The maximum absolute atomic E-state index is 9.31. The van der Waals surface area contributed by atoms with Crippen LogP contribution < -0.4 is 5.32 Å². The Morgan fingerprint density at radius 2 is 2.35 bits per heavy atom. The molecule has 0 saturated heterocycles. The molecule has 0 spiro atoms. The van der Waals surface area contributed by atoms with Gasteiger partial charge in [-0.1, -0.05) is 0 Å². The van der Waals surface area contributed by atoms with Crippen molar-refractivity contribution in [3.63, 3.8) is 0 Å². The van der Waals surface area contributed by atoms with Gasteiger partial charge in [0.25, 0.3) is 0 Å². The second-order valence-electron chi connectivity index (χ2n) is 3.35. The van der Waals surface area contributed by atoms with Gasteiger partial charge in [0.05, 0.1) is 19.0 Å². The molecule has 0 aromatic carbocycles. The molecule has 0 saturated carbocycles. The van der Waals surface area contributed by atoms with Crippen molar-refractivity contribution in [3.05, 3.63) is 6.33 Å². The third-order valence-corrected chi connectivity index (χ3v) is 3.22. The number of aliphatic hydroxyl groups is 2. The Balaban J connectivity index is 2.27. The van der Waals surface area contributed by atoms with Gasteiger partial charge < -0.3 is 20.5 Å². The Morgan fingerprint density at radius 3 is 3.06 bits per heavy atom. The number of fused-ring (bicyclic) bond motifs is 1. The molecule has 2 aromatic heterocycles. The van der Waals surface area contributed by atoms with Crippen LogP contribution in [0.3, 0.4) is 0 Å². The highest BCUT2D eigenvalue weighted by atomic mass is 32.2. The van der Waals surface area contributed by atoms with E-state index in [0.717, 1.165) is 5.52 Å². The summed E-state index contributed by atoms with van der Waals surface area (Å²) in [6.45, 7) is -0.261. The molecule has 0 amide bonds. The highest BCUT2D eigenvalue weighted by molar-refractivity contribution is 7.99. The van der Waals surface area contributed by atoms with Crippen LogP contribution in [0, 0.1) is 0 Å². The second kappa shape index (κ2) is 5.30. The topological polar surface area (TPSA) is 107 Å². The van der Waals surface area contributed by atoms with Gasteiger partial charge in [-0.05, 0) is 0 Å². The zero-order valence-electron chi connectivity index (χ0n) is 9.21. The van der Waals surface area contributed by atoms with Crippen LogP contribution in [0.2, 0.25) is 0 Å². The normalized spacial score (nSPS) is 12.9. The largest absolute Gasteiger partial charge is 0.394 e. The maximum atomic E-state index is 9.31. The number of anilines is 1. The molecule has 0 aliphatic heterocycles. The van der Waals surface area contributed by atoms with Crippen LogP contribution in [0.25, 0.3) is 11.2 Å². The third kappa shape index (κ3) is 2.65. The van der Waals surface area contributed by atoms with Gasteiger partial charge in [-0.25, -0.2) is 9.97 Å². The zero-order valence-corrected chi connectivity index (χ0v) is 10.0. The van der Waals surface area contributed by atoms with Crippen molar-refractivity contribution in [3.8, 4) is 0 Å². The lowest BCUT2D eigenvalue weighted by molar-refractivity contribution is 0.113. The zero-order chi connectivity index (χ0) is 12.3. The fourth-order valence-electron chi connectivity index (χ4n) is 1.25. The summed E-state index contributed by atoms with van der Waals surface area (Å²) in [6, 6.07) is 0. The van der Waals surface area contributed by atoms with Crippen molar-refractivity contribution >= 4 is 28.9 Å². The van der Waals surface area contributed by atoms with Gasteiger partial charge in [-0.15, -0.1) is 11.8 Å². The van der Waals surface area contributed by atoms with Crippen LogP contribution in [0.1, 0.15) is 0 Å². The van der Waals surface area contributed by atoms with E-state index in [9.17, 15) is 5.11 Å². The molecule has 0 aliphatic carbocycles. The number of hydrogen-bond acceptors (Lipinski definition) is 7. The quantitative estimate of drug-likeness (QED) is 0.434. The van der Waals surface area contributed by atoms with E-state index in [1.807, 2.05) is 0 Å². The molecule has 2 rings (SSSR count). The summed E-state index contributed by atoms with van der Waals surface area (Å²) < 4.78 is 0. The molecule has 7 nitrogen and oxygen atoms in total. The van der Waals surface area contributed by atoms with E-state index in [1.165, 1.54) is 11.8 Å². The Morgan fingerprint density at radius 1 is 1.53 bits per heavy atom. The highest BCUT2D eigenvalue weighted by Gasteiger charge is 2.11. The fourth-order valence-corrected chi connectivity index (χ4v) is 2.15. The number of imidazole rings is 1. The van der Waals surface area contributed by atoms with Gasteiger partial charge in [0.2, 0.25) is 5.95 Å². The summed E-state index contributed by atoms with van der Waals surface area (Å²) >= 11 is 1.34. The SMILES string of the molecule is CNc1nc(SCC(O)CO)c2[nH]cnc2n1. The molecular weight excluding hydrogens is 242 g/mol. The lowest BCUT2D eigenvalue weighted by Gasteiger charge is -2.07. The Kier molecular flexibility index (Phi) is 3.77. The minimum absolute atomic E-state index is 0.261. The Hall–Kier alpha value is -1.38. The van der Waals surface area contributed by atoms with Crippen LogP contribution in [-0.4, -0.2) is 55.7 Å². The summed E-state index contributed by atoms with van der Waals surface area (Å²) in [4.78, 5) is 15.5. The first kappa shape index (κ1) is 12.1. The van der Waals surface area contributed by atoms with Gasteiger partial charge in [-0.2, -0.15) is 4.98 Å². The molecule has 0 radical (unpaired) electrons. The van der Waals surface area contributed by atoms with E-state index in [4.69, 9.17) is 5.11 Å². The summed E-state index contributed by atoms with van der Waals surface area (Å²) in [6.07, 6.45) is 0.789. The number of aliphatic hydroxyl groups excluding tert-OH is 2. The molecule has 0 bridgehead atoms. The molecule has 92 valence electrons. The van der Waals surface area contributed by atoms with Gasteiger partial charge in [-0.3, -0.25) is 0 Å². The van der Waals surface area contributed by atoms with Gasteiger partial charge in [0.1, 0.15) is 10.5 Å². The highest BCUT2D eigenvalue weighted by Crippen LogP contribution is 2.24. The minimum Gasteiger partial charge on any atom is -0.394 e. The van der Waals surface area contributed by atoms with Crippen LogP contribution in [0.15, 0.2) is 11.4 Å². The van der Waals surface area contributed by atoms with Crippen molar-refractivity contribution in [2.75, 3.05) is 24.7 Å². The predicted molar refractivity (Wildman–Crippen MR) is 65.0 cm³/mol. The number of rotatable bonds is 5. The lowest BCUT2D eigenvalue weighted by atomic mass is 10.4. The van der Waals surface area contributed by atoms with E-state index in [0.29, 0.717) is 22.4 Å². The molecule has 8 heteroatoms. The predicted octanol–water partition coefficient (Wildman–Crippen LogP) is -0.160. The van der Waals surface area contributed by atoms with E-state index in [1.54, 1.807) is 13.4 Å². The van der Waals surface area contributed by atoms with Crippen molar-refractivity contribution in [2.24, 2.45) is 0 Å². The number of hydrogen-bond donors (Lipinski definition) is 4. The molecule has 4 N–H and O–H groups in total. The molecule has 0 aliphatic rings. The molecule has 2 aromatic rings. The average Bonchev–Trinajstić information content (AvgIpc) is 2.83. The van der Waals surface area contributed by atoms with E-state index in [2.05, 4.69) is 25.3 Å². The number of aromatic nitrogens is 4. The molecule has 1 unspecified atom stereocenters. The first-order valence-electron chi connectivity index (χ1n) is 5.05. The summed E-state index contributed by atoms with van der Waals surface area (Å²) in [5.41, 5.74) is 1.31. The minimum atomic E-state index is -0.758. The van der Waals surface area contributed by atoms with Crippen LogP contribution >= 0.6 is 11.8 Å². The first-order chi connectivity index (χ1) is 8.24. The summed E-state index contributed by atoms with van der Waals surface area (Å²) in [5.74, 6) is 0.843. The molecule has 1 atom stereocenters. The van der Waals surface area contributed by atoms with E-state index >= 15 is 0 Å². The number of H-pyrrole nitrogens is 1.